The number of amides is 1. The molecule has 0 bridgehead atoms. The van der Waals surface area contributed by atoms with Gasteiger partial charge < -0.3 is 10.0 Å². The largest absolute Gasteiger partial charge is 0.481 e. The highest BCUT2D eigenvalue weighted by Crippen LogP contribution is 2.24. The molecule has 6 heteroatoms. The third-order valence-corrected chi connectivity index (χ3v) is 4.23. The van der Waals surface area contributed by atoms with Gasteiger partial charge in [-0.15, -0.1) is 0 Å². The molecule has 0 radical (unpaired) electrons. The van der Waals surface area contributed by atoms with Crippen molar-refractivity contribution in [1.82, 2.24) is 4.90 Å². The van der Waals surface area contributed by atoms with E-state index in [-0.39, 0.29) is 30.6 Å². The van der Waals surface area contributed by atoms with Gasteiger partial charge in [-0.25, -0.2) is 4.39 Å². The van der Waals surface area contributed by atoms with Crippen LogP contribution in [0.4, 0.5) is 4.39 Å². The predicted octanol–water partition coefficient (Wildman–Crippen LogP) is 2.31. The maximum absolute atomic E-state index is 13.1. The topological polar surface area (TPSA) is 57.6 Å². The molecule has 0 unspecified atom stereocenters. The van der Waals surface area contributed by atoms with Gasteiger partial charge in [-0.2, -0.15) is 0 Å². The zero-order valence-corrected chi connectivity index (χ0v) is 12.6. The number of nitrogens with zero attached hydrogens (tertiary/aromatic N) is 1. The summed E-state index contributed by atoms with van der Waals surface area (Å²) in [5.41, 5.74) is 0.703. The van der Waals surface area contributed by atoms with Crippen LogP contribution >= 0.6 is 15.9 Å². The average molecular weight is 344 g/mol. The standard InChI is InChI=1S/C14H15BrFNO3/c1-8-6-17(7-10(8)14(19)20)13(18)5-9-2-3-12(16)11(15)4-9/h2-4,8,10H,5-7H2,1H3,(H,19,20)/t8-,10-/m1/s1. The summed E-state index contributed by atoms with van der Waals surface area (Å²) in [4.78, 5) is 24.8. The number of carbonyl (C=O) groups is 2. The van der Waals surface area contributed by atoms with Gasteiger partial charge in [0.05, 0.1) is 16.8 Å². The first-order valence-corrected chi connectivity index (χ1v) is 7.12. The molecule has 4 nitrogen and oxygen atoms in total. The molecule has 108 valence electrons. The van der Waals surface area contributed by atoms with E-state index in [1.807, 2.05) is 6.92 Å². The average Bonchev–Trinajstić information content (AvgIpc) is 2.76. The number of halogens is 2. The lowest BCUT2D eigenvalue weighted by molar-refractivity contribution is -0.142. The van der Waals surface area contributed by atoms with Crippen molar-refractivity contribution in [2.24, 2.45) is 11.8 Å². The predicted molar refractivity (Wildman–Crippen MR) is 74.7 cm³/mol. The Morgan fingerprint density at radius 3 is 2.70 bits per heavy atom. The van der Waals surface area contributed by atoms with E-state index in [4.69, 9.17) is 5.11 Å². The molecule has 0 aliphatic carbocycles. The van der Waals surface area contributed by atoms with Crippen molar-refractivity contribution < 1.29 is 19.1 Å². The summed E-state index contributed by atoms with van der Waals surface area (Å²) in [6, 6.07) is 4.44. The summed E-state index contributed by atoms with van der Waals surface area (Å²) in [7, 11) is 0. The van der Waals surface area contributed by atoms with Gasteiger partial charge in [-0.3, -0.25) is 9.59 Å². The van der Waals surface area contributed by atoms with Crippen molar-refractivity contribution in [3.8, 4) is 0 Å². The van der Waals surface area contributed by atoms with Crippen LogP contribution in [0.1, 0.15) is 12.5 Å². The molecule has 0 aromatic heterocycles. The Bertz CT molecular complexity index is 549. The monoisotopic (exact) mass is 343 g/mol. The number of carboxylic acids is 1. The van der Waals surface area contributed by atoms with Crippen molar-refractivity contribution in [2.45, 2.75) is 13.3 Å². The van der Waals surface area contributed by atoms with Crippen molar-refractivity contribution in [3.05, 3.63) is 34.1 Å². The van der Waals surface area contributed by atoms with Gasteiger partial charge in [-0.05, 0) is 39.5 Å². The van der Waals surface area contributed by atoms with Crippen LogP contribution in [0.5, 0.6) is 0 Å². The number of likely N-dealkylation sites (tertiary alicyclic amines) is 1. The number of rotatable bonds is 3. The van der Waals surface area contributed by atoms with Crippen LogP contribution in [0.3, 0.4) is 0 Å². The molecule has 1 aromatic rings. The third kappa shape index (κ3) is 3.17. The van der Waals surface area contributed by atoms with Crippen LogP contribution in [0, 0.1) is 17.7 Å². The maximum Gasteiger partial charge on any atom is 0.308 e. The number of benzene rings is 1. The van der Waals surface area contributed by atoms with Gasteiger partial charge in [0.25, 0.3) is 0 Å². The van der Waals surface area contributed by atoms with Crippen LogP contribution in [-0.4, -0.2) is 35.0 Å². The number of carboxylic acid groups (broad SMARTS) is 1. The summed E-state index contributed by atoms with van der Waals surface area (Å²) in [6.07, 6.45) is 0.151. The highest BCUT2D eigenvalue weighted by molar-refractivity contribution is 9.10. The summed E-state index contributed by atoms with van der Waals surface area (Å²) in [5.74, 6) is -1.91. The number of aliphatic carboxylic acids is 1. The highest BCUT2D eigenvalue weighted by Gasteiger charge is 2.36. The molecule has 1 aliphatic rings. The molecule has 2 atom stereocenters. The first-order chi connectivity index (χ1) is 9.38. The molecule has 2 rings (SSSR count). The molecule has 1 saturated heterocycles. The molecular formula is C14H15BrFNO3. The third-order valence-electron chi connectivity index (χ3n) is 3.62. The van der Waals surface area contributed by atoms with Gasteiger partial charge in [-0.1, -0.05) is 13.0 Å². The summed E-state index contributed by atoms with van der Waals surface area (Å²) >= 11 is 3.08. The smallest absolute Gasteiger partial charge is 0.308 e. The molecule has 1 N–H and O–H groups in total. The molecule has 1 aliphatic heterocycles. The highest BCUT2D eigenvalue weighted by atomic mass is 79.9. The second kappa shape index (κ2) is 5.91. The number of hydrogen-bond donors (Lipinski definition) is 1. The summed E-state index contributed by atoms with van der Waals surface area (Å²) in [6.45, 7) is 2.54. The van der Waals surface area contributed by atoms with E-state index in [2.05, 4.69) is 15.9 Å². The zero-order chi connectivity index (χ0) is 14.9. The van der Waals surface area contributed by atoms with E-state index >= 15 is 0 Å². The Morgan fingerprint density at radius 2 is 2.15 bits per heavy atom. The lowest BCUT2D eigenvalue weighted by atomic mass is 9.99. The molecule has 0 saturated carbocycles. The fraction of sp³-hybridized carbons (Fsp3) is 0.429. The van der Waals surface area contributed by atoms with E-state index in [9.17, 15) is 14.0 Å². The summed E-state index contributed by atoms with van der Waals surface area (Å²) in [5, 5.41) is 9.05. The van der Waals surface area contributed by atoms with Crippen LogP contribution < -0.4 is 0 Å². The molecule has 1 fully saturated rings. The molecule has 20 heavy (non-hydrogen) atoms. The van der Waals surface area contributed by atoms with E-state index in [1.165, 1.54) is 6.07 Å². The van der Waals surface area contributed by atoms with Gasteiger partial charge in [0.2, 0.25) is 5.91 Å². The van der Waals surface area contributed by atoms with Gasteiger partial charge in [0.1, 0.15) is 5.82 Å². The SMILES string of the molecule is C[C@@H]1CN(C(=O)Cc2ccc(F)c(Br)c2)C[C@H]1C(=O)O. The second-order valence-electron chi connectivity index (χ2n) is 5.15. The Labute approximate surface area is 124 Å². The fourth-order valence-electron chi connectivity index (χ4n) is 2.43. The zero-order valence-electron chi connectivity index (χ0n) is 11.0. The number of hydrogen-bond acceptors (Lipinski definition) is 2. The minimum absolute atomic E-state index is 0.0450. The van der Waals surface area contributed by atoms with E-state index in [1.54, 1.807) is 17.0 Å². The lowest BCUT2D eigenvalue weighted by Crippen LogP contribution is -2.31. The maximum atomic E-state index is 13.1. The Balaban J connectivity index is 2.02. The first kappa shape index (κ1) is 15.0. The minimum atomic E-state index is -0.864. The van der Waals surface area contributed by atoms with E-state index in [0.29, 0.717) is 16.6 Å². The first-order valence-electron chi connectivity index (χ1n) is 6.33. The van der Waals surface area contributed by atoms with Crippen LogP contribution in [-0.2, 0) is 16.0 Å². The Kier molecular flexibility index (Phi) is 4.42. The second-order valence-corrected chi connectivity index (χ2v) is 6.00. The fourth-order valence-corrected chi connectivity index (χ4v) is 2.85. The Hall–Kier alpha value is -1.43. The van der Waals surface area contributed by atoms with Gasteiger partial charge in [0.15, 0.2) is 0 Å². The van der Waals surface area contributed by atoms with E-state index in [0.717, 1.165) is 0 Å². The Morgan fingerprint density at radius 1 is 1.45 bits per heavy atom. The van der Waals surface area contributed by atoms with Crippen molar-refractivity contribution in [1.29, 1.82) is 0 Å². The molecule has 1 heterocycles. The van der Waals surface area contributed by atoms with Crippen LogP contribution in [0.2, 0.25) is 0 Å². The van der Waals surface area contributed by atoms with Gasteiger partial charge in [0, 0.05) is 13.1 Å². The normalized spacial score (nSPS) is 22.1. The lowest BCUT2D eigenvalue weighted by Gasteiger charge is -2.16. The molecule has 0 spiro atoms. The van der Waals surface area contributed by atoms with Gasteiger partial charge >= 0.3 is 5.97 Å². The molecular weight excluding hydrogens is 329 g/mol. The molecule has 1 amide bonds. The molecule has 1 aromatic carbocycles. The quantitative estimate of drug-likeness (QED) is 0.916. The van der Waals surface area contributed by atoms with E-state index < -0.39 is 11.9 Å². The van der Waals surface area contributed by atoms with Crippen molar-refractivity contribution in [2.75, 3.05) is 13.1 Å². The minimum Gasteiger partial charge on any atom is -0.481 e. The van der Waals surface area contributed by atoms with Crippen LogP contribution in [0.25, 0.3) is 0 Å². The number of carbonyl (C=O) groups excluding carboxylic acids is 1. The van der Waals surface area contributed by atoms with Crippen LogP contribution in [0.15, 0.2) is 22.7 Å². The summed E-state index contributed by atoms with van der Waals surface area (Å²) < 4.78 is 13.4. The van der Waals surface area contributed by atoms with Crippen molar-refractivity contribution >= 4 is 27.8 Å². The van der Waals surface area contributed by atoms with Crippen molar-refractivity contribution in [3.63, 3.8) is 0 Å².